The van der Waals surface area contributed by atoms with Crippen molar-refractivity contribution in [3.8, 4) is 0 Å². The molecule has 7 heteroatoms. The van der Waals surface area contributed by atoms with Gasteiger partial charge in [0, 0.05) is 12.5 Å². The molecule has 1 saturated heterocycles. The smallest absolute Gasteiger partial charge is 0.451 e. The van der Waals surface area contributed by atoms with Gasteiger partial charge in [-0.05, 0) is 57.4 Å². The lowest BCUT2D eigenvalue weighted by molar-refractivity contribution is -0.148. The van der Waals surface area contributed by atoms with E-state index in [1.165, 1.54) is 12.8 Å². The van der Waals surface area contributed by atoms with Crippen molar-refractivity contribution in [1.82, 2.24) is 4.90 Å². The van der Waals surface area contributed by atoms with Crippen LogP contribution in [-0.2, 0) is 4.79 Å². The zero-order chi connectivity index (χ0) is 15.5. The Labute approximate surface area is 126 Å². The summed E-state index contributed by atoms with van der Waals surface area (Å²) >= 11 is 0. The first-order valence-electron chi connectivity index (χ1n) is 8.02. The molecule has 0 aromatic rings. The molecule has 2 fully saturated rings. The van der Waals surface area contributed by atoms with E-state index in [-0.39, 0.29) is 18.2 Å². The highest BCUT2D eigenvalue weighted by Crippen LogP contribution is 2.39. The molecular formula is C14H27BN2O4. The Bertz CT molecular complexity index is 363. The number of nitrogens with two attached hydrogens (primary N) is 1. The van der Waals surface area contributed by atoms with Crippen LogP contribution in [0.5, 0.6) is 0 Å². The predicted octanol–water partition coefficient (Wildman–Crippen LogP) is 0.143. The van der Waals surface area contributed by atoms with Gasteiger partial charge in [0.05, 0.1) is 0 Å². The third-order valence-corrected chi connectivity index (χ3v) is 5.19. The minimum atomic E-state index is -1.32. The summed E-state index contributed by atoms with van der Waals surface area (Å²) in [5.74, 6) is -0.757. The highest BCUT2D eigenvalue weighted by Gasteiger charge is 2.47. The van der Waals surface area contributed by atoms with Crippen molar-refractivity contribution in [1.29, 1.82) is 0 Å². The topological polar surface area (TPSA) is 107 Å². The lowest BCUT2D eigenvalue weighted by Gasteiger charge is -2.43. The normalized spacial score (nSPS) is 34.0. The van der Waals surface area contributed by atoms with Crippen LogP contribution < -0.4 is 5.73 Å². The van der Waals surface area contributed by atoms with Crippen molar-refractivity contribution in [3.63, 3.8) is 0 Å². The molecule has 3 atom stereocenters. The Morgan fingerprint density at radius 2 is 1.95 bits per heavy atom. The number of hydrogen-bond acceptors (Lipinski definition) is 5. The van der Waals surface area contributed by atoms with Gasteiger partial charge in [0.1, 0.15) is 5.54 Å². The van der Waals surface area contributed by atoms with E-state index in [0.29, 0.717) is 12.8 Å². The molecule has 0 aromatic heterocycles. The average Bonchev–Trinajstić information content (AvgIpc) is 2.92. The van der Waals surface area contributed by atoms with Crippen LogP contribution in [0, 0.1) is 11.8 Å². The summed E-state index contributed by atoms with van der Waals surface area (Å²) in [7, 11) is -1.32. The van der Waals surface area contributed by atoms with Gasteiger partial charge in [-0.3, -0.25) is 4.79 Å². The van der Waals surface area contributed by atoms with Crippen molar-refractivity contribution in [3.05, 3.63) is 0 Å². The average molecular weight is 298 g/mol. The lowest BCUT2D eigenvalue weighted by atomic mass is 9.66. The van der Waals surface area contributed by atoms with Crippen LogP contribution in [-0.4, -0.2) is 58.3 Å². The molecule has 120 valence electrons. The van der Waals surface area contributed by atoms with Crippen LogP contribution in [0.4, 0.5) is 0 Å². The van der Waals surface area contributed by atoms with Crippen LogP contribution in [0.1, 0.15) is 38.5 Å². The minimum Gasteiger partial charge on any atom is -0.480 e. The summed E-state index contributed by atoms with van der Waals surface area (Å²) in [5, 5.41) is 27.5. The van der Waals surface area contributed by atoms with Gasteiger partial charge >= 0.3 is 13.1 Å². The fraction of sp³-hybridized carbons (Fsp3) is 0.929. The monoisotopic (exact) mass is 298 g/mol. The van der Waals surface area contributed by atoms with Crippen molar-refractivity contribution in [2.24, 2.45) is 17.6 Å². The number of nitrogens with zero attached hydrogens (tertiary/aromatic N) is 1. The SMILES string of the molecule is NC1(C(=O)O)CC(CCB(O)O)CCC1CN1CCCC1. The molecule has 3 unspecified atom stereocenters. The first-order valence-corrected chi connectivity index (χ1v) is 8.02. The molecule has 5 N–H and O–H groups in total. The van der Waals surface area contributed by atoms with Gasteiger partial charge in [0.25, 0.3) is 0 Å². The van der Waals surface area contributed by atoms with Crippen LogP contribution in [0.2, 0.25) is 6.32 Å². The third-order valence-electron chi connectivity index (χ3n) is 5.19. The van der Waals surface area contributed by atoms with E-state index in [1.807, 2.05) is 0 Å². The van der Waals surface area contributed by atoms with Gasteiger partial charge in [-0.15, -0.1) is 0 Å². The van der Waals surface area contributed by atoms with Gasteiger partial charge in [-0.25, -0.2) is 0 Å². The fourth-order valence-corrected chi connectivity index (χ4v) is 3.87. The second kappa shape index (κ2) is 7.09. The highest BCUT2D eigenvalue weighted by molar-refractivity contribution is 6.40. The quantitative estimate of drug-likeness (QED) is 0.520. The summed E-state index contributed by atoms with van der Waals surface area (Å²) in [4.78, 5) is 14.0. The van der Waals surface area contributed by atoms with Gasteiger partial charge < -0.3 is 25.8 Å². The van der Waals surface area contributed by atoms with Crippen LogP contribution in [0.15, 0.2) is 0 Å². The molecule has 0 radical (unpaired) electrons. The maximum atomic E-state index is 11.7. The largest absolute Gasteiger partial charge is 0.480 e. The summed E-state index contributed by atoms with van der Waals surface area (Å²) in [6, 6.07) is 0. The van der Waals surface area contributed by atoms with Gasteiger partial charge in [-0.2, -0.15) is 0 Å². The first-order chi connectivity index (χ1) is 9.91. The minimum absolute atomic E-state index is 0.0107. The van der Waals surface area contributed by atoms with Crippen LogP contribution in [0.25, 0.3) is 0 Å². The Balaban J connectivity index is 1.97. The second-order valence-corrected chi connectivity index (χ2v) is 6.76. The van der Waals surface area contributed by atoms with Crippen molar-refractivity contribution >= 4 is 13.1 Å². The molecule has 0 amide bonds. The first kappa shape index (κ1) is 16.7. The highest BCUT2D eigenvalue weighted by atomic mass is 16.4. The second-order valence-electron chi connectivity index (χ2n) is 6.76. The number of aliphatic carboxylic acids is 1. The molecule has 2 aliphatic rings. The molecule has 6 nitrogen and oxygen atoms in total. The third kappa shape index (κ3) is 4.19. The Morgan fingerprint density at radius 3 is 2.52 bits per heavy atom. The molecule has 0 aromatic carbocycles. The summed E-state index contributed by atoms with van der Waals surface area (Å²) in [6.45, 7) is 2.87. The van der Waals surface area contributed by atoms with E-state index in [0.717, 1.165) is 32.5 Å². The number of hydrogen-bond donors (Lipinski definition) is 4. The van der Waals surface area contributed by atoms with E-state index in [9.17, 15) is 9.90 Å². The number of rotatable bonds is 6. The molecule has 1 aliphatic heterocycles. The van der Waals surface area contributed by atoms with E-state index in [1.54, 1.807) is 0 Å². The van der Waals surface area contributed by atoms with E-state index >= 15 is 0 Å². The fourth-order valence-electron chi connectivity index (χ4n) is 3.87. The molecule has 0 bridgehead atoms. The van der Waals surface area contributed by atoms with E-state index in [4.69, 9.17) is 15.8 Å². The van der Waals surface area contributed by atoms with Crippen molar-refractivity contribution in [2.45, 2.75) is 50.4 Å². The molecular weight excluding hydrogens is 271 g/mol. The van der Waals surface area contributed by atoms with Crippen LogP contribution >= 0.6 is 0 Å². The molecule has 1 heterocycles. The standard InChI is InChI=1S/C14H27BN2O4/c16-14(13(18)19)9-11(5-6-15(20)21)3-4-12(14)10-17-7-1-2-8-17/h11-12,20-21H,1-10,16H2,(H,18,19). The van der Waals surface area contributed by atoms with Crippen LogP contribution in [0.3, 0.4) is 0 Å². The maximum Gasteiger partial charge on any atom is 0.451 e. The molecule has 1 aliphatic carbocycles. The van der Waals surface area contributed by atoms with Gasteiger partial charge in [-0.1, -0.05) is 6.42 Å². The Hall–Kier alpha value is -0.625. The van der Waals surface area contributed by atoms with Gasteiger partial charge in [0.15, 0.2) is 0 Å². The Morgan fingerprint density at radius 1 is 1.29 bits per heavy atom. The molecule has 21 heavy (non-hydrogen) atoms. The number of carboxylic acids is 1. The number of carboxylic acid groups (broad SMARTS) is 1. The zero-order valence-electron chi connectivity index (χ0n) is 12.6. The lowest BCUT2D eigenvalue weighted by Crippen LogP contribution is -2.59. The molecule has 2 rings (SSSR count). The number of likely N-dealkylation sites (tertiary alicyclic amines) is 1. The maximum absolute atomic E-state index is 11.7. The molecule has 1 saturated carbocycles. The number of carbonyl (C=O) groups is 1. The van der Waals surface area contributed by atoms with Crippen molar-refractivity contribution < 1.29 is 19.9 Å². The summed E-state index contributed by atoms with van der Waals surface area (Å²) in [6.07, 6.45) is 5.47. The molecule has 0 spiro atoms. The van der Waals surface area contributed by atoms with Crippen molar-refractivity contribution in [2.75, 3.05) is 19.6 Å². The summed E-state index contributed by atoms with van der Waals surface area (Å²) in [5.41, 5.74) is 5.10. The Kier molecular flexibility index (Phi) is 5.65. The predicted molar refractivity (Wildman–Crippen MR) is 80.7 cm³/mol. The van der Waals surface area contributed by atoms with E-state index < -0.39 is 18.6 Å². The summed E-state index contributed by atoms with van der Waals surface area (Å²) < 4.78 is 0. The van der Waals surface area contributed by atoms with Gasteiger partial charge in [0.2, 0.25) is 0 Å². The zero-order valence-corrected chi connectivity index (χ0v) is 12.6. The van der Waals surface area contributed by atoms with E-state index in [2.05, 4.69) is 4.90 Å².